The molecular formula is C18H17ClN4O2S2. The van der Waals surface area contributed by atoms with Gasteiger partial charge in [-0.2, -0.15) is 0 Å². The Morgan fingerprint density at radius 1 is 1.22 bits per heavy atom. The van der Waals surface area contributed by atoms with Crippen molar-refractivity contribution in [2.75, 3.05) is 36.0 Å². The molecule has 5 rings (SSSR count). The van der Waals surface area contributed by atoms with Crippen LogP contribution in [0.1, 0.15) is 12.8 Å². The van der Waals surface area contributed by atoms with E-state index in [9.17, 15) is 9.59 Å². The molecule has 0 bridgehead atoms. The normalized spacial score (nSPS) is 24.3. The summed E-state index contributed by atoms with van der Waals surface area (Å²) in [6, 6.07) is 5.51. The maximum Gasteiger partial charge on any atom is 0.259 e. The van der Waals surface area contributed by atoms with Crippen LogP contribution in [0.3, 0.4) is 0 Å². The van der Waals surface area contributed by atoms with E-state index in [1.54, 1.807) is 28.5 Å². The molecule has 0 aliphatic carbocycles. The highest BCUT2D eigenvalue weighted by Crippen LogP contribution is 2.57. The number of carbonyl (C=O) groups excluding carboxylic acids is 2. The molecule has 27 heavy (non-hydrogen) atoms. The van der Waals surface area contributed by atoms with Crippen LogP contribution in [0, 0.1) is 0 Å². The number of rotatable bonds is 2. The maximum absolute atomic E-state index is 13.5. The highest BCUT2D eigenvalue weighted by Gasteiger charge is 2.58. The molecule has 4 heterocycles. The number of benzene rings is 1. The van der Waals surface area contributed by atoms with E-state index in [4.69, 9.17) is 11.6 Å². The van der Waals surface area contributed by atoms with Crippen molar-refractivity contribution >= 4 is 57.3 Å². The third-order valence-corrected chi connectivity index (χ3v) is 7.85. The molecule has 2 amide bonds. The first-order chi connectivity index (χ1) is 13.1. The lowest BCUT2D eigenvalue weighted by atomic mass is 10.1. The molecule has 1 aromatic carbocycles. The zero-order valence-corrected chi connectivity index (χ0v) is 16.8. The first kappa shape index (κ1) is 17.3. The minimum atomic E-state index is -0.854. The van der Waals surface area contributed by atoms with E-state index in [-0.39, 0.29) is 11.8 Å². The van der Waals surface area contributed by atoms with Gasteiger partial charge in [0.05, 0.1) is 5.69 Å². The van der Waals surface area contributed by atoms with Crippen molar-refractivity contribution in [1.82, 2.24) is 9.88 Å². The van der Waals surface area contributed by atoms with Crippen LogP contribution >= 0.6 is 34.7 Å². The van der Waals surface area contributed by atoms with E-state index < -0.39 is 4.87 Å². The second-order valence-corrected chi connectivity index (χ2v) is 9.45. The van der Waals surface area contributed by atoms with E-state index in [0.717, 1.165) is 28.8 Å². The summed E-state index contributed by atoms with van der Waals surface area (Å²) in [4.78, 5) is 36.4. The third kappa shape index (κ3) is 2.65. The number of amides is 2. The zero-order valence-electron chi connectivity index (χ0n) is 14.4. The number of hydrogen-bond acceptors (Lipinski definition) is 6. The van der Waals surface area contributed by atoms with Crippen LogP contribution in [0.15, 0.2) is 34.7 Å². The molecule has 0 N–H and O–H groups in total. The SMILES string of the molecule is O=C1CC[C@]2(C(=O)N3CCN(c4nccs4)CC3)Sc3ccc(Cl)cc3N12. The van der Waals surface area contributed by atoms with Crippen molar-refractivity contribution in [2.24, 2.45) is 0 Å². The Labute approximate surface area is 170 Å². The van der Waals surface area contributed by atoms with Crippen LogP contribution in [-0.2, 0) is 9.59 Å². The lowest BCUT2D eigenvalue weighted by Crippen LogP contribution is -2.58. The summed E-state index contributed by atoms with van der Waals surface area (Å²) in [6.07, 6.45) is 2.73. The first-order valence-electron chi connectivity index (χ1n) is 8.84. The molecule has 3 aliphatic heterocycles. The fourth-order valence-corrected chi connectivity index (χ4v) is 6.36. The number of nitrogens with zero attached hydrogens (tertiary/aromatic N) is 4. The van der Waals surface area contributed by atoms with Gasteiger partial charge in [-0.15, -0.1) is 11.3 Å². The van der Waals surface area contributed by atoms with Gasteiger partial charge in [-0.3, -0.25) is 14.5 Å². The second-order valence-electron chi connectivity index (χ2n) is 6.82. The summed E-state index contributed by atoms with van der Waals surface area (Å²) < 4.78 is 0. The molecule has 0 spiro atoms. The van der Waals surface area contributed by atoms with Crippen LogP contribution in [-0.4, -0.2) is 52.7 Å². The summed E-state index contributed by atoms with van der Waals surface area (Å²) in [7, 11) is 0. The lowest BCUT2D eigenvalue weighted by molar-refractivity contribution is -0.134. The molecular weight excluding hydrogens is 404 g/mol. The summed E-state index contributed by atoms with van der Waals surface area (Å²) >= 11 is 9.26. The lowest BCUT2D eigenvalue weighted by Gasteiger charge is -2.40. The zero-order chi connectivity index (χ0) is 18.6. The molecule has 2 aromatic rings. The van der Waals surface area contributed by atoms with E-state index in [2.05, 4.69) is 9.88 Å². The topological polar surface area (TPSA) is 56.8 Å². The molecule has 2 fully saturated rings. The van der Waals surface area contributed by atoms with Crippen molar-refractivity contribution in [2.45, 2.75) is 22.6 Å². The highest BCUT2D eigenvalue weighted by atomic mass is 35.5. The predicted molar refractivity (Wildman–Crippen MR) is 108 cm³/mol. The van der Waals surface area contributed by atoms with Gasteiger partial charge in [0.1, 0.15) is 0 Å². The summed E-state index contributed by atoms with van der Waals surface area (Å²) in [6.45, 7) is 2.79. The van der Waals surface area contributed by atoms with Gasteiger partial charge in [-0.1, -0.05) is 23.4 Å². The summed E-state index contributed by atoms with van der Waals surface area (Å²) in [5.74, 6) is 0.0303. The number of piperazine rings is 1. The number of anilines is 2. The number of thiazole rings is 1. The first-order valence-corrected chi connectivity index (χ1v) is 10.9. The van der Waals surface area contributed by atoms with E-state index in [0.29, 0.717) is 31.0 Å². The fraction of sp³-hybridized carbons (Fsp3) is 0.389. The van der Waals surface area contributed by atoms with Crippen LogP contribution in [0.4, 0.5) is 10.8 Å². The Morgan fingerprint density at radius 2 is 2.04 bits per heavy atom. The predicted octanol–water partition coefficient (Wildman–Crippen LogP) is 3.07. The van der Waals surface area contributed by atoms with E-state index in [1.165, 1.54) is 11.8 Å². The largest absolute Gasteiger partial charge is 0.345 e. The Morgan fingerprint density at radius 3 is 2.78 bits per heavy atom. The van der Waals surface area contributed by atoms with Crippen molar-refractivity contribution < 1.29 is 9.59 Å². The molecule has 0 unspecified atom stereocenters. The smallest absolute Gasteiger partial charge is 0.259 e. The Hall–Kier alpha value is -1.77. The number of aromatic nitrogens is 1. The molecule has 140 valence electrons. The fourth-order valence-electron chi connectivity index (χ4n) is 4.03. The van der Waals surface area contributed by atoms with Gasteiger partial charge in [-0.25, -0.2) is 4.98 Å². The quantitative estimate of drug-likeness (QED) is 0.747. The number of carbonyl (C=O) groups is 2. The van der Waals surface area contributed by atoms with Gasteiger partial charge in [0.25, 0.3) is 5.91 Å². The molecule has 6 nitrogen and oxygen atoms in total. The number of thioether (sulfide) groups is 1. The van der Waals surface area contributed by atoms with Gasteiger partial charge >= 0.3 is 0 Å². The van der Waals surface area contributed by atoms with Gasteiger partial charge in [0, 0.05) is 54.1 Å². The molecule has 2 saturated heterocycles. The molecule has 9 heteroatoms. The van der Waals surface area contributed by atoms with E-state index in [1.807, 2.05) is 22.4 Å². The Balaban J connectivity index is 1.39. The number of halogens is 1. The third-order valence-electron chi connectivity index (χ3n) is 5.32. The van der Waals surface area contributed by atoms with Crippen LogP contribution in [0.2, 0.25) is 5.02 Å². The van der Waals surface area contributed by atoms with Crippen molar-refractivity contribution in [3.8, 4) is 0 Å². The highest BCUT2D eigenvalue weighted by molar-refractivity contribution is 8.02. The van der Waals surface area contributed by atoms with E-state index >= 15 is 0 Å². The van der Waals surface area contributed by atoms with Gasteiger partial charge in [0.15, 0.2) is 10.0 Å². The molecule has 1 aromatic heterocycles. The van der Waals surface area contributed by atoms with Crippen molar-refractivity contribution in [3.63, 3.8) is 0 Å². The molecule has 3 aliphatic rings. The standard InChI is InChI=1S/C18H17ClN4O2S2/c19-12-1-2-14-13(11-12)23-15(24)3-4-18(23,27-14)16(25)21-6-8-22(9-7-21)17-20-5-10-26-17/h1-2,5,10-11H,3-4,6-9H2/t18-/m1/s1. The van der Waals surface area contributed by atoms with Crippen LogP contribution in [0.5, 0.6) is 0 Å². The minimum absolute atomic E-state index is 0.00159. The number of fused-ring (bicyclic) bond motifs is 3. The molecule has 0 saturated carbocycles. The van der Waals surface area contributed by atoms with Crippen LogP contribution in [0.25, 0.3) is 0 Å². The Kier molecular flexibility index (Phi) is 4.10. The molecule has 1 atom stereocenters. The van der Waals surface area contributed by atoms with Gasteiger partial charge in [-0.05, 0) is 24.6 Å². The Bertz CT molecular complexity index is 914. The van der Waals surface area contributed by atoms with Crippen molar-refractivity contribution in [3.05, 3.63) is 34.8 Å². The second kappa shape index (κ2) is 6.39. The average Bonchev–Trinajstić information content (AvgIpc) is 3.38. The molecule has 0 radical (unpaired) electrons. The maximum atomic E-state index is 13.5. The van der Waals surface area contributed by atoms with Crippen LogP contribution < -0.4 is 9.80 Å². The number of hydrogen-bond donors (Lipinski definition) is 0. The summed E-state index contributed by atoms with van der Waals surface area (Å²) in [5, 5.41) is 3.54. The van der Waals surface area contributed by atoms with Gasteiger partial charge in [0.2, 0.25) is 5.91 Å². The minimum Gasteiger partial charge on any atom is -0.345 e. The van der Waals surface area contributed by atoms with Crippen molar-refractivity contribution in [1.29, 1.82) is 0 Å². The monoisotopic (exact) mass is 420 g/mol. The summed E-state index contributed by atoms with van der Waals surface area (Å²) in [5.41, 5.74) is 0.768. The average molecular weight is 421 g/mol. The van der Waals surface area contributed by atoms with Gasteiger partial charge < -0.3 is 9.80 Å².